The molecule has 1 aromatic rings. The van der Waals surface area contributed by atoms with Crippen LogP contribution in [0.2, 0.25) is 0 Å². The van der Waals surface area contributed by atoms with Crippen LogP contribution >= 0.6 is 11.8 Å². The Bertz CT molecular complexity index is 372. The third-order valence-electron chi connectivity index (χ3n) is 2.34. The molecule has 0 radical (unpaired) electrons. The van der Waals surface area contributed by atoms with E-state index in [1.807, 2.05) is 12.1 Å². The number of carboxylic acid groups (broad SMARTS) is 1. The van der Waals surface area contributed by atoms with Crippen molar-refractivity contribution in [2.75, 3.05) is 13.2 Å². The molecule has 86 valence electrons. The predicted molar refractivity (Wildman–Crippen MR) is 59.5 cm³/mol. The minimum Gasteiger partial charge on any atom is -0.479 e. The van der Waals surface area contributed by atoms with Gasteiger partial charge in [-0.2, -0.15) is 0 Å². The van der Waals surface area contributed by atoms with Gasteiger partial charge in [-0.25, -0.2) is 4.79 Å². The van der Waals surface area contributed by atoms with E-state index in [0.29, 0.717) is 10.8 Å². The third kappa shape index (κ3) is 2.55. The largest absolute Gasteiger partial charge is 0.479 e. The van der Waals surface area contributed by atoms with Crippen LogP contribution in [0.1, 0.15) is 11.7 Å². The number of carboxylic acids is 1. The van der Waals surface area contributed by atoms with E-state index in [9.17, 15) is 9.90 Å². The van der Waals surface area contributed by atoms with Crippen LogP contribution in [0, 0.1) is 0 Å². The van der Waals surface area contributed by atoms with E-state index in [4.69, 9.17) is 9.84 Å². The first-order valence-electron chi connectivity index (χ1n) is 4.92. The molecule has 2 N–H and O–H groups in total. The molecule has 1 aromatic carbocycles. The number of rotatable bonds is 4. The number of hydrogen-bond acceptors (Lipinski definition) is 4. The minimum atomic E-state index is -1.44. The number of aliphatic carboxylic acids is 1. The lowest BCUT2D eigenvalue weighted by molar-refractivity contribution is -0.146. The van der Waals surface area contributed by atoms with Gasteiger partial charge in [0.1, 0.15) is 0 Å². The second kappa shape index (κ2) is 4.86. The van der Waals surface area contributed by atoms with Crippen LogP contribution in [0.3, 0.4) is 0 Å². The summed E-state index contributed by atoms with van der Waals surface area (Å²) in [5.74, 6) is -1.23. The van der Waals surface area contributed by atoms with Gasteiger partial charge in [-0.1, -0.05) is 12.1 Å². The highest BCUT2D eigenvalue weighted by molar-refractivity contribution is 8.00. The fourth-order valence-corrected chi connectivity index (χ4v) is 2.35. The fourth-order valence-electron chi connectivity index (χ4n) is 1.35. The average molecular weight is 240 g/mol. The highest BCUT2D eigenvalue weighted by Gasteiger charge is 2.20. The normalized spacial score (nSPS) is 17.8. The second-order valence-corrected chi connectivity index (χ2v) is 4.96. The van der Waals surface area contributed by atoms with E-state index < -0.39 is 12.1 Å². The fraction of sp³-hybridized carbons (Fsp3) is 0.364. The molecule has 2 rings (SSSR count). The van der Waals surface area contributed by atoms with Gasteiger partial charge in [0.05, 0.1) is 18.5 Å². The summed E-state index contributed by atoms with van der Waals surface area (Å²) >= 11 is 1.71. The Kier molecular flexibility index (Phi) is 3.48. The first kappa shape index (κ1) is 11.4. The van der Waals surface area contributed by atoms with Gasteiger partial charge in [0, 0.05) is 4.90 Å². The van der Waals surface area contributed by atoms with Crippen LogP contribution in [0.25, 0.3) is 0 Å². The zero-order chi connectivity index (χ0) is 11.5. The van der Waals surface area contributed by atoms with Gasteiger partial charge < -0.3 is 14.9 Å². The Morgan fingerprint density at radius 1 is 1.38 bits per heavy atom. The summed E-state index contributed by atoms with van der Waals surface area (Å²) < 4.78 is 5.06. The first-order chi connectivity index (χ1) is 7.66. The van der Waals surface area contributed by atoms with Crippen molar-refractivity contribution < 1.29 is 19.7 Å². The number of aliphatic hydroxyl groups excluding tert-OH is 1. The van der Waals surface area contributed by atoms with Gasteiger partial charge in [0.15, 0.2) is 6.10 Å². The van der Waals surface area contributed by atoms with Gasteiger partial charge in [-0.15, -0.1) is 11.8 Å². The van der Waals surface area contributed by atoms with Crippen molar-refractivity contribution >= 4 is 17.7 Å². The maximum Gasteiger partial charge on any atom is 0.337 e. The maximum absolute atomic E-state index is 10.5. The molecule has 0 spiro atoms. The number of ether oxygens (including phenoxy) is 1. The van der Waals surface area contributed by atoms with Crippen LogP contribution in [0.5, 0.6) is 0 Å². The lowest BCUT2D eigenvalue weighted by atomic mass is 10.1. The molecule has 1 fully saturated rings. The van der Waals surface area contributed by atoms with Crippen LogP contribution in [-0.2, 0) is 9.53 Å². The van der Waals surface area contributed by atoms with Gasteiger partial charge >= 0.3 is 5.97 Å². The zero-order valence-corrected chi connectivity index (χ0v) is 9.31. The molecule has 16 heavy (non-hydrogen) atoms. The van der Waals surface area contributed by atoms with Crippen molar-refractivity contribution in [3.05, 3.63) is 29.8 Å². The second-order valence-electron chi connectivity index (χ2n) is 3.59. The highest BCUT2D eigenvalue weighted by atomic mass is 32.2. The number of thioether (sulfide) groups is 1. The molecule has 1 atom stereocenters. The highest BCUT2D eigenvalue weighted by Crippen LogP contribution is 2.28. The van der Waals surface area contributed by atoms with E-state index in [2.05, 4.69) is 0 Å². The average Bonchev–Trinajstić information content (AvgIpc) is 2.23. The van der Waals surface area contributed by atoms with E-state index >= 15 is 0 Å². The summed E-state index contributed by atoms with van der Waals surface area (Å²) in [6, 6.07) is 6.93. The number of hydrogen-bond donors (Lipinski definition) is 2. The molecule has 1 heterocycles. The van der Waals surface area contributed by atoms with Crippen molar-refractivity contribution in [3.8, 4) is 0 Å². The van der Waals surface area contributed by atoms with Crippen LogP contribution in [-0.4, -0.2) is 34.6 Å². The topological polar surface area (TPSA) is 66.8 Å². The molecule has 4 nitrogen and oxygen atoms in total. The Balaban J connectivity index is 2.00. The molecule has 5 heteroatoms. The Labute approximate surface area is 97.2 Å². The summed E-state index contributed by atoms with van der Waals surface area (Å²) in [5.41, 5.74) is 0.404. The van der Waals surface area contributed by atoms with E-state index in [-0.39, 0.29) is 0 Å². The van der Waals surface area contributed by atoms with E-state index in [1.54, 1.807) is 23.9 Å². The van der Waals surface area contributed by atoms with Crippen molar-refractivity contribution in [2.24, 2.45) is 0 Å². The van der Waals surface area contributed by atoms with Crippen molar-refractivity contribution in [1.29, 1.82) is 0 Å². The quantitative estimate of drug-likeness (QED) is 0.830. The molecule has 0 saturated carbocycles. The number of carbonyl (C=O) groups is 1. The molecule has 0 bridgehead atoms. The third-order valence-corrected chi connectivity index (χ3v) is 3.49. The van der Waals surface area contributed by atoms with Crippen LogP contribution < -0.4 is 0 Å². The Hall–Kier alpha value is -1.04. The minimum absolute atomic E-state index is 0.404. The zero-order valence-electron chi connectivity index (χ0n) is 8.50. The summed E-state index contributed by atoms with van der Waals surface area (Å²) in [7, 11) is 0. The molecule has 1 aliphatic rings. The SMILES string of the molecule is O=C(O)C(O)c1ccc(SC2COC2)cc1. The lowest BCUT2D eigenvalue weighted by Gasteiger charge is -2.25. The number of benzene rings is 1. The van der Waals surface area contributed by atoms with Crippen LogP contribution in [0.15, 0.2) is 29.2 Å². The molecule has 1 aliphatic heterocycles. The van der Waals surface area contributed by atoms with Crippen molar-refractivity contribution in [1.82, 2.24) is 0 Å². The molecule has 0 aliphatic carbocycles. The van der Waals surface area contributed by atoms with Crippen molar-refractivity contribution in [2.45, 2.75) is 16.2 Å². The monoisotopic (exact) mass is 240 g/mol. The summed E-state index contributed by atoms with van der Waals surface area (Å²) in [5, 5.41) is 18.4. The molecule has 0 aromatic heterocycles. The molecular weight excluding hydrogens is 228 g/mol. The standard InChI is InChI=1S/C11H12O4S/c12-10(11(13)14)7-1-3-8(4-2-7)16-9-5-15-6-9/h1-4,9-10,12H,5-6H2,(H,13,14). The molecule has 1 unspecified atom stereocenters. The first-order valence-corrected chi connectivity index (χ1v) is 5.80. The summed E-state index contributed by atoms with van der Waals surface area (Å²) in [4.78, 5) is 11.6. The Morgan fingerprint density at radius 3 is 2.44 bits per heavy atom. The number of aliphatic hydroxyl groups is 1. The van der Waals surface area contributed by atoms with Crippen LogP contribution in [0.4, 0.5) is 0 Å². The lowest BCUT2D eigenvalue weighted by Crippen LogP contribution is -2.29. The molecular formula is C11H12O4S. The van der Waals surface area contributed by atoms with Gasteiger partial charge in [-0.05, 0) is 17.7 Å². The Morgan fingerprint density at radius 2 is 2.00 bits per heavy atom. The van der Waals surface area contributed by atoms with Gasteiger partial charge in [0.2, 0.25) is 0 Å². The summed E-state index contributed by atoms with van der Waals surface area (Å²) in [6.45, 7) is 1.54. The maximum atomic E-state index is 10.5. The van der Waals surface area contributed by atoms with Gasteiger partial charge in [0.25, 0.3) is 0 Å². The molecule has 1 saturated heterocycles. The summed E-state index contributed by atoms with van der Waals surface area (Å²) in [6.07, 6.45) is -1.44. The molecule has 0 amide bonds. The van der Waals surface area contributed by atoms with Gasteiger partial charge in [-0.3, -0.25) is 0 Å². The predicted octanol–water partition coefficient (Wildman–Crippen LogP) is 1.30. The smallest absolute Gasteiger partial charge is 0.337 e. The van der Waals surface area contributed by atoms with E-state index in [1.165, 1.54) is 0 Å². The van der Waals surface area contributed by atoms with Crippen molar-refractivity contribution in [3.63, 3.8) is 0 Å². The van der Waals surface area contributed by atoms with E-state index in [0.717, 1.165) is 18.1 Å².